The Morgan fingerprint density at radius 1 is 1.03 bits per heavy atom. The molecule has 1 aromatic heterocycles. The first-order chi connectivity index (χ1) is 16.2. The number of carbonyl (C=O) groups excluding carboxylic acids is 1. The Bertz CT molecular complexity index is 1300. The summed E-state index contributed by atoms with van der Waals surface area (Å²) in [6.07, 6.45) is 0. The summed E-state index contributed by atoms with van der Waals surface area (Å²) in [5.41, 5.74) is 3.46. The fourth-order valence-electron chi connectivity index (χ4n) is 3.39. The van der Waals surface area contributed by atoms with E-state index in [1.807, 2.05) is 47.0 Å². The number of hydrogen-bond acceptors (Lipinski definition) is 4. The van der Waals surface area contributed by atoms with Crippen LogP contribution >= 0.6 is 23.4 Å². The highest BCUT2D eigenvalue weighted by Crippen LogP contribution is 2.30. The molecule has 0 aliphatic carbocycles. The molecule has 0 aliphatic heterocycles. The number of hydrogen-bond donors (Lipinski definition) is 1. The van der Waals surface area contributed by atoms with E-state index in [1.54, 1.807) is 0 Å². The number of aromatic nitrogens is 3. The van der Waals surface area contributed by atoms with Crippen molar-refractivity contribution in [2.24, 2.45) is 0 Å². The van der Waals surface area contributed by atoms with Crippen molar-refractivity contribution in [1.82, 2.24) is 14.8 Å². The number of nitrogens with zero attached hydrogens (tertiary/aromatic N) is 3. The molecule has 0 unspecified atom stereocenters. The standard InChI is InChI=1S/C26H24ClFN4OS/c1-26(2,3)18-11-9-17(10-12-18)24-30-31-25(32(24)20-7-5-4-6-8-20)34-16-23(33)29-22-14-13-19(28)15-21(22)27/h4-15H,16H2,1-3H3,(H,29,33). The zero-order chi connectivity index (χ0) is 24.3. The predicted molar refractivity (Wildman–Crippen MR) is 136 cm³/mol. The lowest BCUT2D eigenvalue weighted by Gasteiger charge is -2.19. The first kappa shape index (κ1) is 24.0. The van der Waals surface area contributed by atoms with Crippen molar-refractivity contribution in [2.45, 2.75) is 31.3 Å². The number of rotatable bonds is 6. The van der Waals surface area contributed by atoms with Crippen molar-refractivity contribution in [3.63, 3.8) is 0 Å². The minimum atomic E-state index is -0.462. The molecule has 0 saturated carbocycles. The van der Waals surface area contributed by atoms with Gasteiger partial charge in [0.15, 0.2) is 11.0 Å². The molecule has 3 aromatic carbocycles. The number of halogens is 2. The number of thioether (sulfide) groups is 1. The fourth-order valence-corrected chi connectivity index (χ4v) is 4.35. The molecule has 0 radical (unpaired) electrons. The normalized spacial score (nSPS) is 11.4. The molecule has 1 heterocycles. The number of nitrogens with one attached hydrogen (secondary N) is 1. The highest BCUT2D eigenvalue weighted by atomic mass is 35.5. The molecule has 0 bridgehead atoms. The minimum absolute atomic E-state index is 0.0490. The van der Waals surface area contributed by atoms with E-state index in [0.717, 1.165) is 17.3 Å². The molecule has 0 spiro atoms. The maximum absolute atomic E-state index is 13.3. The number of anilines is 1. The van der Waals surface area contributed by atoms with Crippen LogP contribution in [0.3, 0.4) is 0 Å². The van der Waals surface area contributed by atoms with Crippen LogP contribution in [0.25, 0.3) is 17.1 Å². The van der Waals surface area contributed by atoms with E-state index in [0.29, 0.717) is 16.7 Å². The van der Waals surface area contributed by atoms with Crippen molar-refractivity contribution in [2.75, 3.05) is 11.1 Å². The Kier molecular flexibility index (Phi) is 7.05. The second-order valence-electron chi connectivity index (χ2n) is 8.77. The van der Waals surface area contributed by atoms with E-state index in [4.69, 9.17) is 11.6 Å². The molecular weight excluding hydrogens is 471 g/mol. The Hall–Kier alpha value is -3.16. The molecule has 34 heavy (non-hydrogen) atoms. The number of benzene rings is 3. The smallest absolute Gasteiger partial charge is 0.234 e. The molecule has 4 aromatic rings. The van der Waals surface area contributed by atoms with Gasteiger partial charge < -0.3 is 5.32 Å². The summed E-state index contributed by atoms with van der Waals surface area (Å²) in [6, 6.07) is 21.9. The zero-order valence-corrected chi connectivity index (χ0v) is 20.6. The number of para-hydroxylation sites is 1. The van der Waals surface area contributed by atoms with Gasteiger partial charge in [-0.1, -0.05) is 86.6 Å². The molecule has 1 N–H and O–H groups in total. The zero-order valence-electron chi connectivity index (χ0n) is 19.0. The van der Waals surface area contributed by atoms with Crippen LogP contribution in [0.15, 0.2) is 78.0 Å². The summed E-state index contributed by atoms with van der Waals surface area (Å²) in [5, 5.41) is 12.2. The van der Waals surface area contributed by atoms with E-state index in [1.165, 1.54) is 29.5 Å². The minimum Gasteiger partial charge on any atom is -0.324 e. The van der Waals surface area contributed by atoms with Crippen molar-refractivity contribution >= 4 is 35.0 Å². The maximum atomic E-state index is 13.3. The summed E-state index contributed by atoms with van der Waals surface area (Å²) in [5.74, 6) is 0.0338. The topological polar surface area (TPSA) is 59.8 Å². The third-order valence-corrected chi connectivity index (χ3v) is 6.44. The van der Waals surface area contributed by atoms with Gasteiger partial charge in [0.05, 0.1) is 16.5 Å². The molecule has 1 amide bonds. The van der Waals surface area contributed by atoms with E-state index in [2.05, 4.69) is 48.4 Å². The molecule has 0 saturated heterocycles. The molecule has 0 aliphatic rings. The van der Waals surface area contributed by atoms with E-state index in [-0.39, 0.29) is 22.1 Å². The molecule has 0 atom stereocenters. The number of amides is 1. The molecule has 8 heteroatoms. The van der Waals surface area contributed by atoms with Crippen LogP contribution in [-0.2, 0) is 10.2 Å². The van der Waals surface area contributed by atoms with Crippen LogP contribution in [0.2, 0.25) is 5.02 Å². The molecular formula is C26H24ClFN4OS. The summed E-state index contributed by atoms with van der Waals surface area (Å²) in [4.78, 5) is 12.5. The second-order valence-corrected chi connectivity index (χ2v) is 10.1. The predicted octanol–water partition coefficient (Wildman–Crippen LogP) is 6.76. The lowest BCUT2D eigenvalue weighted by molar-refractivity contribution is -0.113. The van der Waals surface area contributed by atoms with Gasteiger partial charge in [-0.3, -0.25) is 9.36 Å². The van der Waals surface area contributed by atoms with E-state index >= 15 is 0 Å². The third-order valence-electron chi connectivity index (χ3n) is 5.19. The monoisotopic (exact) mass is 494 g/mol. The SMILES string of the molecule is CC(C)(C)c1ccc(-c2nnc(SCC(=O)Nc3ccc(F)cc3Cl)n2-c2ccccc2)cc1. The average molecular weight is 495 g/mol. The van der Waals surface area contributed by atoms with Crippen LogP contribution in [0, 0.1) is 5.82 Å². The Morgan fingerprint density at radius 3 is 2.38 bits per heavy atom. The van der Waals surface area contributed by atoms with Gasteiger partial charge in [0, 0.05) is 11.3 Å². The average Bonchev–Trinajstić information content (AvgIpc) is 3.24. The lowest BCUT2D eigenvalue weighted by atomic mass is 9.87. The quantitative estimate of drug-likeness (QED) is 0.301. The Balaban J connectivity index is 1.59. The molecule has 4 rings (SSSR count). The highest BCUT2D eigenvalue weighted by Gasteiger charge is 2.19. The van der Waals surface area contributed by atoms with Crippen LogP contribution in [0.5, 0.6) is 0 Å². The van der Waals surface area contributed by atoms with Crippen molar-refractivity contribution in [1.29, 1.82) is 0 Å². The van der Waals surface area contributed by atoms with Crippen LogP contribution in [0.1, 0.15) is 26.3 Å². The van der Waals surface area contributed by atoms with Crippen LogP contribution in [-0.4, -0.2) is 26.4 Å². The van der Waals surface area contributed by atoms with E-state index < -0.39 is 5.82 Å². The summed E-state index contributed by atoms with van der Waals surface area (Å²) >= 11 is 7.28. The summed E-state index contributed by atoms with van der Waals surface area (Å²) < 4.78 is 15.2. The summed E-state index contributed by atoms with van der Waals surface area (Å²) in [6.45, 7) is 6.52. The van der Waals surface area contributed by atoms with Gasteiger partial charge in [0.1, 0.15) is 5.82 Å². The second kappa shape index (κ2) is 9.99. The van der Waals surface area contributed by atoms with Gasteiger partial charge >= 0.3 is 0 Å². The first-order valence-electron chi connectivity index (χ1n) is 10.7. The van der Waals surface area contributed by atoms with Crippen LogP contribution in [0.4, 0.5) is 10.1 Å². The third kappa shape index (κ3) is 5.48. The van der Waals surface area contributed by atoms with Gasteiger partial charge in [-0.2, -0.15) is 0 Å². The first-order valence-corrected chi connectivity index (χ1v) is 12.1. The van der Waals surface area contributed by atoms with Gasteiger partial charge in [0.25, 0.3) is 0 Å². The number of carbonyl (C=O) groups is 1. The van der Waals surface area contributed by atoms with Gasteiger partial charge in [-0.25, -0.2) is 4.39 Å². The van der Waals surface area contributed by atoms with Gasteiger partial charge in [-0.05, 0) is 41.3 Å². The lowest BCUT2D eigenvalue weighted by Crippen LogP contribution is -2.15. The van der Waals surface area contributed by atoms with Crippen molar-refractivity contribution < 1.29 is 9.18 Å². The van der Waals surface area contributed by atoms with Crippen molar-refractivity contribution in [3.05, 3.63) is 89.2 Å². The highest BCUT2D eigenvalue weighted by molar-refractivity contribution is 7.99. The summed E-state index contributed by atoms with van der Waals surface area (Å²) in [7, 11) is 0. The molecule has 0 fully saturated rings. The Labute approximate surface area is 207 Å². The molecule has 5 nitrogen and oxygen atoms in total. The largest absolute Gasteiger partial charge is 0.324 e. The van der Waals surface area contributed by atoms with E-state index in [9.17, 15) is 9.18 Å². The maximum Gasteiger partial charge on any atom is 0.234 e. The fraction of sp³-hybridized carbons (Fsp3) is 0.192. The molecule has 174 valence electrons. The Morgan fingerprint density at radius 2 is 1.74 bits per heavy atom. The van der Waals surface area contributed by atoms with Gasteiger partial charge in [-0.15, -0.1) is 10.2 Å². The van der Waals surface area contributed by atoms with Gasteiger partial charge in [0.2, 0.25) is 5.91 Å². The van der Waals surface area contributed by atoms with Crippen molar-refractivity contribution in [3.8, 4) is 17.1 Å². The van der Waals surface area contributed by atoms with Crippen LogP contribution < -0.4 is 5.32 Å².